The van der Waals surface area contributed by atoms with E-state index in [1.54, 1.807) is 11.8 Å². The molecule has 0 saturated carbocycles. The Labute approximate surface area is 138 Å². The van der Waals surface area contributed by atoms with Crippen LogP contribution >= 0.6 is 0 Å². The van der Waals surface area contributed by atoms with E-state index in [-0.39, 0.29) is 11.8 Å². The molecule has 0 bridgehead atoms. The Morgan fingerprint density at radius 1 is 1.00 bits per heavy atom. The van der Waals surface area contributed by atoms with Crippen molar-refractivity contribution in [1.29, 1.82) is 0 Å². The van der Waals surface area contributed by atoms with Gasteiger partial charge in [0, 0.05) is 32.6 Å². The van der Waals surface area contributed by atoms with Crippen molar-refractivity contribution in [2.24, 2.45) is 0 Å². The topological polar surface area (TPSA) is 53.1 Å². The quantitative estimate of drug-likeness (QED) is 0.751. The first-order valence-electron chi connectivity index (χ1n) is 8.92. The van der Waals surface area contributed by atoms with Crippen LogP contribution in [0.1, 0.15) is 39.5 Å². The van der Waals surface area contributed by atoms with Crippen LogP contribution in [0.25, 0.3) is 0 Å². The summed E-state index contributed by atoms with van der Waals surface area (Å²) in [7, 11) is 0. The van der Waals surface area contributed by atoms with Crippen molar-refractivity contribution in [1.82, 2.24) is 14.7 Å². The fraction of sp³-hybridized carbons (Fsp3) is 0.882. The highest BCUT2D eigenvalue weighted by molar-refractivity contribution is 5.86. The van der Waals surface area contributed by atoms with Crippen molar-refractivity contribution in [2.45, 2.75) is 51.2 Å². The van der Waals surface area contributed by atoms with Crippen molar-refractivity contribution < 1.29 is 14.3 Å². The van der Waals surface area contributed by atoms with E-state index in [1.165, 1.54) is 25.9 Å². The number of hydrogen-bond acceptors (Lipinski definition) is 4. The van der Waals surface area contributed by atoms with Crippen LogP contribution in [-0.4, -0.2) is 84.0 Å². The van der Waals surface area contributed by atoms with E-state index in [2.05, 4.69) is 4.90 Å². The lowest BCUT2D eigenvalue weighted by Crippen LogP contribution is -2.61. The fourth-order valence-electron chi connectivity index (χ4n) is 4.14. The lowest BCUT2D eigenvalue weighted by atomic mass is 9.98. The zero-order valence-electron chi connectivity index (χ0n) is 14.4. The molecule has 3 aliphatic rings. The van der Waals surface area contributed by atoms with E-state index < -0.39 is 5.60 Å². The van der Waals surface area contributed by atoms with E-state index in [1.807, 2.05) is 11.8 Å². The first-order chi connectivity index (χ1) is 11.0. The third kappa shape index (κ3) is 3.53. The molecule has 130 valence electrons. The van der Waals surface area contributed by atoms with Gasteiger partial charge in [0.1, 0.15) is 0 Å². The second-order valence-electron chi connectivity index (χ2n) is 7.29. The highest BCUT2D eigenvalue weighted by atomic mass is 16.5. The Bertz CT molecular complexity index is 456. The fourth-order valence-corrected chi connectivity index (χ4v) is 4.14. The van der Waals surface area contributed by atoms with Crippen LogP contribution in [0.2, 0.25) is 0 Å². The van der Waals surface area contributed by atoms with Gasteiger partial charge < -0.3 is 19.4 Å². The van der Waals surface area contributed by atoms with Crippen molar-refractivity contribution >= 4 is 11.8 Å². The lowest BCUT2D eigenvalue weighted by molar-refractivity contribution is -0.172. The molecule has 3 saturated heterocycles. The normalized spacial score (nSPS) is 30.7. The maximum Gasteiger partial charge on any atom is 0.256 e. The Balaban J connectivity index is 1.56. The smallest absolute Gasteiger partial charge is 0.256 e. The summed E-state index contributed by atoms with van der Waals surface area (Å²) in [6.07, 6.45) is 4.73. The maximum atomic E-state index is 12.9. The highest BCUT2D eigenvalue weighted by Gasteiger charge is 2.43. The van der Waals surface area contributed by atoms with Crippen LogP contribution < -0.4 is 0 Å². The zero-order chi connectivity index (χ0) is 16.4. The molecule has 0 radical (unpaired) electrons. The summed E-state index contributed by atoms with van der Waals surface area (Å²) < 4.78 is 5.79. The predicted molar refractivity (Wildman–Crippen MR) is 87.0 cm³/mol. The van der Waals surface area contributed by atoms with Crippen LogP contribution in [0.4, 0.5) is 0 Å². The number of amides is 2. The summed E-state index contributed by atoms with van der Waals surface area (Å²) in [4.78, 5) is 30.8. The molecule has 0 aromatic carbocycles. The molecule has 3 rings (SSSR count). The first kappa shape index (κ1) is 16.7. The lowest BCUT2D eigenvalue weighted by Gasteiger charge is -2.44. The van der Waals surface area contributed by atoms with Crippen LogP contribution in [0.3, 0.4) is 0 Å². The van der Waals surface area contributed by atoms with Gasteiger partial charge >= 0.3 is 0 Å². The molecule has 6 nitrogen and oxygen atoms in total. The van der Waals surface area contributed by atoms with Gasteiger partial charge in [-0.15, -0.1) is 0 Å². The van der Waals surface area contributed by atoms with Gasteiger partial charge in [-0.1, -0.05) is 0 Å². The van der Waals surface area contributed by atoms with Gasteiger partial charge in [-0.25, -0.2) is 0 Å². The molecule has 1 atom stereocenters. The number of rotatable bonds is 2. The van der Waals surface area contributed by atoms with Gasteiger partial charge in [0.2, 0.25) is 5.91 Å². The van der Waals surface area contributed by atoms with Crippen molar-refractivity contribution in [2.75, 3.05) is 45.9 Å². The number of nitrogens with zero attached hydrogens (tertiary/aromatic N) is 3. The third-order valence-corrected chi connectivity index (χ3v) is 5.58. The summed E-state index contributed by atoms with van der Waals surface area (Å²) in [5.74, 6) is 0.0587. The molecule has 6 heteroatoms. The molecule has 0 unspecified atom stereocenters. The van der Waals surface area contributed by atoms with E-state index in [0.29, 0.717) is 25.7 Å². The minimum atomic E-state index is -0.885. The molecule has 0 aromatic rings. The summed E-state index contributed by atoms with van der Waals surface area (Å²) in [5, 5.41) is 0. The standard InChI is InChI=1S/C17H29N3O3/c1-14(21)20-11-12-23-17(2,13-20)16(22)19-9-5-15(6-10-19)18-7-3-4-8-18/h15H,3-13H2,1-2H3/t17-/m1/s1. The summed E-state index contributed by atoms with van der Waals surface area (Å²) in [6.45, 7) is 8.81. The second kappa shape index (κ2) is 6.77. The Morgan fingerprint density at radius 2 is 1.65 bits per heavy atom. The van der Waals surface area contributed by atoms with Crippen LogP contribution in [-0.2, 0) is 14.3 Å². The Morgan fingerprint density at radius 3 is 2.26 bits per heavy atom. The summed E-state index contributed by atoms with van der Waals surface area (Å²) in [6, 6.07) is 0.635. The van der Waals surface area contributed by atoms with Crippen LogP contribution in [0.15, 0.2) is 0 Å². The largest absolute Gasteiger partial charge is 0.362 e. The molecular formula is C17H29N3O3. The Hall–Kier alpha value is -1.14. The zero-order valence-corrected chi connectivity index (χ0v) is 14.4. The third-order valence-electron chi connectivity index (χ3n) is 5.58. The van der Waals surface area contributed by atoms with Gasteiger partial charge in [-0.3, -0.25) is 9.59 Å². The molecule has 3 heterocycles. The van der Waals surface area contributed by atoms with Gasteiger partial charge in [0.25, 0.3) is 5.91 Å². The summed E-state index contributed by atoms with van der Waals surface area (Å²) >= 11 is 0. The number of carbonyl (C=O) groups is 2. The molecule has 0 spiro atoms. The molecule has 2 amide bonds. The van der Waals surface area contributed by atoms with Crippen LogP contribution in [0.5, 0.6) is 0 Å². The molecule has 3 aliphatic heterocycles. The molecule has 0 aromatic heterocycles. The molecule has 0 aliphatic carbocycles. The molecular weight excluding hydrogens is 294 g/mol. The van der Waals surface area contributed by atoms with Crippen molar-refractivity contribution in [3.05, 3.63) is 0 Å². The minimum Gasteiger partial charge on any atom is -0.362 e. The van der Waals surface area contributed by atoms with Gasteiger partial charge in [-0.05, 0) is 45.7 Å². The molecule has 23 heavy (non-hydrogen) atoms. The maximum absolute atomic E-state index is 12.9. The van der Waals surface area contributed by atoms with E-state index in [4.69, 9.17) is 4.74 Å². The monoisotopic (exact) mass is 323 g/mol. The molecule has 3 fully saturated rings. The first-order valence-corrected chi connectivity index (χ1v) is 8.92. The number of hydrogen-bond donors (Lipinski definition) is 0. The number of likely N-dealkylation sites (tertiary alicyclic amines) is 2. The number of carbonyl (C=O) groups excluding carboxylic acids is 2. The number of piperidine rings is 1. The van der Waals surface area contributed by atoms with E-state index in [9.17, 15) is 9.59 Å². The van der Waals surface area contributed by atoms with Crippen molar-refractivity contribution in [3.8, 4) is 0 Å². The Kier molecular flexibility index (Phi) is 4.92. The average molecular weight is 323 g/mol. The van der Waals surface area contributed by atoms with E-state index in [0.717, 1.165) is 25.9 Å². The minimum absolute atomic E-state index is 0.0140. The molecule has 0 N–H and O–H groups in total. The number of morpholine rings is 1. The SMILES string of the molecule is CC(=O)N1CCO[C@@](C)(C(=O)N2CCC(N3CCCC3)CC2)C1. The second-order valence-corrected chi connectivity index (χ2v) is 7.29. The summed E-state index contributed by atoms with van der Waals surface area (Å²) in [5.41, 5.74) is -0.885. The van der Waals surface area contributed by atoms with Gasteiger partial charge in [0.15, 0.2) is 5.60 Å². The van der Waals surface area contributed by atoms with E-state index >= 15 is 0 Å². The average Bonchev–Trinajstić information content (AvgIpc) is 3.09. The van der Waals surface area contributed by atoms with Gasteiger partial charge in [0.05, 0.1) is 13.2 Å². The highest BCUT2D eigenvalue weighted by Crippen LogP contribution is 2.25. The van der Waals surface area contributed by atoms with Gasteiger partial charge in [-0.2, -0.15) is 0 Å². The number of ether oxygens (including phenoxy) is 1. The van der Waals surface area contributed by atoms with Crippen LogP contribution in [0, 0.1) is 0 Å². The van der Waals surface area contributed by atoms with Crippen molar-refractivity contribution in [3.63, 3.8) is 0 Å². The predicted octanol–water partition coefficient (Wildman–Crippen LogP) is 0.711.